The van der Waals surface area contributed by atoms with Crippen molar-refractivity contribution >= 4 is 11.4 Å². The van der Waals surface area contributed by atoms with E-state index < -0.39 is 0 Å². The van der Waals surface area contributed by atoms with E-state index in [1.165, 1.54) is 6.07 Å². The number of benzene rings is 1. The van der Waals surface area contributed by atoms with E-state index in [2.05, 4.69) is 9.88 Å². The van der Waals surface area contributed by atoms with Gasteiger partial charge in [-0.05, 0) is 6.92 Å². The molecule has 0 aliphatic rings. The highest BCUT2D eigenvalue weighted by atomic mass is 16.5. The molecule has 0 unspecified atom stereocenters. The number of ether oxygens (including phenoxy) is 1. The van der Waals surface area contributed by atoms with Crippen molar-refractivity contribution in [2.75, 3.05) is 24.2 Å². The number of hydrogen-bond acceptors (Lipinski definition) is 4. The van der Waals surface area contributed by atoms with Crippen LogP contribution in [0.4, 0.5) is 11.4 Å². The SMILES string of the molecule is CCOc1cc(NCCn2cc[n+](C)c2)c(N)cc1O. The number of anilines is 2. The summed E-state index contributed by atoms with van der Waals surface area (Å²) in [5.41, 5.74) is 7.15. The van der Waals surface area contributed by atoms with Crippen LogP contribution < -0.4 is 20.4 Å². The summed E-state index contributed by atoms with van der Waals surface area (Å²) >= 11 is 0. The van der Waals surface area contributed by atoms with Crippen LogP contribution in [0.3, 0.4) is 0 Å². The average Bonchev–Trinajstić information content (AvgIpc) is 2.81. The Hall–Kier alpha value is -2.37. The van der Waals surface area contributed by atoms with Gasteiger partial charge in [-0.1, -0.05) is 0 Å². The summed E-state index contributed by atoms with van der Waals surface area (Å²) < 4.78 is 9.41. The molecule has 6 heteroatoms. The van der Waals surface area contributed by atoms with Crippen LogP contribution in [0.5, 0.6) is 11.5 Å². The molecule has 20 heavy (non-hydrogen) atoms. The average molecular weight is 277 g/mol. The van der Waals surface area contributed by atoms with Gasteiger partial charge in [0.25, 0.3) is 0 Å². The Kier molecular flexibility index (Phi) is 4.34. The lowest BCUT2D eigenvalue weighted by atomic mass is 10.2. The number of phenols is 1. The zero-order valence-electron chi connectivity index (χ0n) is 11.8. The summed E-state index contributed by atoms with van der Waals surface area (Å²) in [4.78, 5) is 0. The molecule has 2 aromatic rings. The van der Waals surface area contributed by atoms with Crippen molar-refractivity contribution in [2.45, 2.75) is 13.5 Å². The van der Waals surface area contributed by atoms with E-state index in [4.69, 9.17) is 10.5 Å². The highest BCUT2D eigenvalue weighted by molar-refractivity contribution is 5.71. The summed E-state index contributed by atoms with van der Waals surface area (Å²) in [7, 11) is 1.98. The molecule has 4 N–H and O–H groups in total. The number of aromatic nitrogens is 2. The first-order valence-corrected chi connectivity index (χ1v) is 6.60. The van der Waals surface area contributed by atoms with Gasteiger partial charge in [-0.2, -0.15) is 0 Å². The van der Waals surface area contributed by atoms with E-state index in [1.807, 2.05) is 37.3 Å². The number of phenolic OH excluding ortho intramolecular Hbond substituents is 1. The maximum Gasteiger partial charge on any atom is 0.243 e. The summed E-state index contributed by atoms with van der Waals surface area (Å²) in [6.07, 6.45) is 6.00. The molecule has 0 radical (unpaired) electrons. The molecule has 0 fully saturated rings. The van der Waals surface area contributed by atoms with E-state index in [1.54, 1.807) is 6.07 Å². The number of nitrogen functional groups attached to an aromatic ring is 1. The van der Waals surface area contributed by atoms with Crippen molar-refractivity contribution in [3.05, 3.63) is 30.9 Å². The van der Waals surface area contributed by atoms with Crippen molar-refractivity contribution in [3.8, 4) is 11.5 Å². The van der Waals surface area contributed by atoms with Gasteiger partial charge < -0.3 is 20.9 Å². The number of imidazole rings is 1. The third kappa shape index (κ3) is 3.34. The molecule has 6 nitrogen and oxygen atoms in total. The van der Waals surface area contributed by atoms with E-state index in [-0.39, 0.29) is 5.75 Å². The first-order valence-electron chi connectivity index (χ1n) is 6.60. The monoisotopic (exact) mass is 277 g/mol. The molecule has 0 bridgehead atoms. The number of rotatable bonds is 6. The van der Waals surface area contributed by atoms with Crippen LogP contribution in [0.1, 0.15) is 6.92 Å². The van der Waals surface area contributed by atoms with Crippen LogP contribution in [0.25, 0.3) is 0 Å². The molecule has 1 heterocycles. The van der Waals surface area contributed by atoms with Gasteiger partial charge in [-0.3, -0.25) is 0 Å². The molecule has 108 valence electrons. The lowest BCUT2D eigenvalue weighted by molar-refractivity contribution is -0.671. The van der Waals surface area contributed by atoms with Crippen molar-refractivity contribution < 1.29 is 14.4 Å². The van der Waals surface area contributed by atoms with E-state index in [0.717, 1.165) is 18.8 Å². The molecular formula is C14H21N4O2+. The second-order valence-corrected chi connectivity index (χ2v) is 4.58. The minimum atomic E-state index is 0.0623. The van der Waals surface area contributed by atoms with Gasteiger partial charge in [0.1, 0.15) is 18.9 Å². The molecule has 0 aliphatic heterocycles. The van der Waals surface area contributed by atoms with Gasteiger partial charge in [0.15, 0.2) is 11.5 Å². The summed E-state index contributed by atoms with van der Waals surface area (Å²) in [6, 6.07) is 3.23. The number of nitrogens with two attached hydrogens (primary N) is 1. The second kappa shape index (κ2) is 6.18. The van der Waals surface area contributed by atoms with Gasteiger partial charge in [-0.25, -0.2) is 9.13 Å². The van der Waals surface area contributed by atoms with Gasteiger partial charge in [-0.15, -0.1) is 0 Å². The molecule has 0 spiro atoms. The lowest BCUT2D eigenvalue weighted by Gasteiger charge is -2.12. The zero-order chi connectivity index (χ0) is 14.5. The Morgan fingerprint density at radius 1 is 1.45 bits per heavy atom. The summed E-state index contributed by atoms with van der Waals surface area (Å²) in [5, 5.41) is 13.0. The third-order valence-electron chi connectivity index (χ3n) is 2.94. The first-order chi connectivity index (χ1) is 9.60. The molecule has 0 amide bonds. The standard InChI is InChI=1S/C14H20N4O2/c1-3-20-14-9-12(11(15)8-13(14)19)16-4-5-18-7-6-17(2)10-18/h6-10,16H,3-5,15H2,1-2H3/p+1. The fourth-order valence-corrected chi connectivity index (χ4v) is 1.96. The van der Waals surface area contributed by atoms with Crippen LogP contribution >= 0.6 is 0 Å². The predicted octanol–water partition coefficient (Wildman–Crippen LogP) is 1.11. The Morgan fingerprint density at radius 3 is 2.90 bits per heavy atom. The number of nitrogens with zero attached hydrogens (tertiary/aromatic N) is 2. The Morgan fingerprint density at radius 2 is 2.25 bits per heavy atom. The smallest absolute Gasteiger partial charge is 0.243 e. The molecule has 1 aromatic carbocycles. The van der Waals surface area contributed by atoms with Crippen molar-refractivity contribution in [2.24, 2.45) is 7.05 Å². The van der Waals surface area contributed by atoms with Gasteiger partial charge in [0.2, 0.25) is 6.33 Å². The number of aryl methyl sites for hydroxylation is 1. The molecule has 0 aliphatic carbocycles. The van der Waals surface area contributed by atoms with Gasteiger partial charge in [0.05, 0.1) is 31.6 Å². The molecular weight excluding hydrogens is 256 g/mol. The number of aromatic hydroxyl groups is 1. The predicted molar refractivity (Wildman–Crippen MR) is 77.8 cm³/mol. The maximum absolute atomic E-state index is 9.71. The molecule has 2 rings (SSSR count). The Labute approximate surface area is 118 Å². The normalized spacial score (nSPS) is 10.5. The van der Waals surface area contributed by atoms with Crippen molar-refractivity contribution in [3.63, 3.8) is 0 Å². The van der Waals surface area contributed by atoms with Crippen LogP contribution in [0, 0.1) is 0 Å². The van der Waals surface area contributed by atoms with Crippen LogP contribution in [0.2, 0.25) is 0 Å². The molecule has 0 saturated carbocycles. The highest BCUT2D eigenvalue weighted by Gasteiger charge is 2.08. The quantitative estimate of drug-likeness (QED) is 0.420. The molecule has 1 aromatic heterocycles. The Bertz CT molecular complexity index is 581. The fraction of sp³-hybridized carbons (Fsp3) is 0.357. The first kappa shape index (κ1) is 14.0. The zero-order valence-corrected chi connectivity index (χ0v) is 11.8. The minimum absolute atomic E-state index is 0.0623. The van der Waals surface area contributed by atoms with Crippen molar-refractivity contribution in [1.29, 1.82) is 0 Å². The van der Waals surface area contributed by atoms with Gasteiger partial charge >= 0.3 is 0 Å². The third-order valence-corrected chi connectivity index (χ3v) is 2.94. The van der Waals surface area contributed by atoms with E-state index >= 15 is 0 Å². The molecule has 0 atom stereocenters. The van der Waals surface area contributed by atoms with Crippen LogP contribution in [0.15, 0.2) is 30.9 Å². The van der Waals surface area contributed by atoms with E-state index in [9.17, 15) is 5.11 Å². The van der Waals surface area contributed by atoms with Crippen molar-refractivity contribution in [1.82, 2.24) is 4.57 Å². The maximum atomic E-state index is 9.71. The van der Waals surface area contributed by atoms with Gasteiger partial charge in [0, 0.05) is 12.1 Å². The topological polar surface area (TPSA) is 76.3 Å². The second-order valence-electron chi connectivity index (χ2n) is 4.58. The Balaban J connectivity index is 1.99. The number of nitrogens with one attached hydrogen (secondary N) is 1. The highest BCUT2D eigenvalue weighted by Crippen LogP contribution is 2.34. The largest absolute Gasteiger partial charge is 0.504 e. The van der Waals surface area contributed by atoms with Crippen LogP contribution in [-0.4, -0.2) is 22.8 Å². The summed E-state index contributed by atoms with van der Waals surface area (Å²) in [6.45, 7) is 3.92. The van der Waals surface area contributed by atoms with E-state index in [0.29, 0.717) is 18.0 Å². The fourth-order valence-electron chi connectivity index (χ4n) is 1.96. The van der Waals surface area contributed by atoms with Crippen LogP contribution in [-0.2, 0) is 13.6 Å². The minimum Gasteiger partial charge on any atom is -0.504 e. The molecule has 0 saturated heterocycles. The number of hydrogen-bond donors (Lipinski definition) is 3. The summed E-state index contributed by atoms with van der Waals surface area (Å²) in [5.74, 6) is 0.504. The lowest BCUT2D eigenvalue weighted by Crippen LogP contribution is -2.24.